The number of halogens is 3. The molecule has 214 valence electrons. The first kappa shape index (κ1) is 31.0. The van der Waals surface area contributed by atoms with Gasteiger partial charge in [-0.2, -0.15) is 13.2 Å². The van der Waals surface area contributed by atoms with Crippen molar-refractivity contribution in [2.24, 2.45) is 0 Å². The van der Waals surface area contributed by atoms with Gasteiger partial charge in [0.05, 0.1) is 17.2 Å². The zero-order valence-electron chi connectivity index (χ0n) is 21.9. The molecule has 0 saturated heterocycles. The number of aryl methyl sites for hydroxylation is 1. The number of nitrogens with zero attached hydrogens (tertiary/aromatic N) is 1. The Hall–Kier alpha value is -3.50. The van der Waals surface area contributed by atoms with Crippen molar-refractivity contribution >= 4 is 29.5 Å². The summed E-state index contributed by atoms with van der Waals surface area (Å²) < 4.78 is 43.8. The van der Waals surface area contributed by atoms with Crippen LogP contribution in [-0.4, -0.2) is 27.8 Å². The summed E-state index contributed by atoms with van der Waals surface area (Å²) in [6.07, 6.45) is 4.52. The Kier molecular flexibility index (Phi) is 11.9. The van der Waals surface area contributed by atoms with Crippen LogP contribution in [0.4, 0.5) is 18.9 Å². The predicted octanol–water partition coefficient (Wildman–Crippen LogP) is 7.53. The fourth-order valence-electron chi connectivity index (χ4n) is 3.98. The van der Waals surface area contributed by atoms with Gasteiger partial charge in [-0.25, -0.2) is 9.78 Å². The van der Waals surface area contributed by atoms with Crippen LogP contribution in [0.25, 0.3) is 6.08 Å². The van der Waals surface area contributed by atoms with Gasteiger partial charge < -0.3 is 20.7 Å². The van der Waals surface area contributed by atoms with E-state index in [0.29, 0.717) is 34.3 Å². The molecule has 4 N–H and O–H groups in total. The molecule has 0 aliphatic rings. The van der Waals surface area contributed by atoms with Crippen LogP contribution in [0.15, 0.2) is 71.8 Å². The number of hydrogen-bond donors (Lipinski definition) is 3. The number of aromatic nitrogens is 1. The van der Waals surface area contributed by atoms with Gasteiger partial charge in [-0.1, -0.05) is 61.7 Å². The first-order valence-electron chi connectivity index (χ1n) is 13.0. The average molecular weight is 575 g/mol. The van der Waals surface area contributed by atoms with E-state index in [1.807, 2.05) is 0 Å². The minimum atomic E-state index is -4.31. The van der Waals surface area contributed by atoms with E-state index in [2.05, 4.69) is 4.98 Å². The number of carboxylic acids is 1. The number of hydrogen-bond acceptors (Lipinski definition) is 6. The second kappa shape index (κ2) is 15.3. The lowest BCUT2D eigenvalue weighted by Gasteiger charge is -2.13. The van der Waals surface area contributed by atoms with Gasteiger partial charge in [-0.05, 0) is 72.9 Å². The highest BCUT2D eigenvalue weighted by Crippen LogP contribution is 2.34. The number of ether oxygens (including phenoxy) is 1. The summed E-state index contributed by atoms with van der Waals surface area (Å²) in [5.41, 5.74) is 6.71. The molecular formula is C30H33F3N2O4S. The number of anilines is 1. The lowest BCUT2D eigenvalue weighted by Crippen LogP contribution is -2.04. The number of rotatable bonds is 15. The van der Waals surface area contributed by atoms with Gasteiger partial charge in [0.15, 0.2) is 0 Å². The second-order valence-electron chi connectivity index (χ2n) is 9.26. The van der Waals surface area contributed by atoms with Gasteiger partial charge in [-0.15, -0.1) is 0 Å². The summed E-state index contributed by atoms with van der Waals surface area (Å²) in [5.74, 6) is -0.652. The van der Waals surface area contributed by atoms with E-state index >= 15 is 0 Å². The fraction of sp³-hybridized carbons (Fsp3) is 0.333. The van der Waals surface area contributed by atoms with Crippen LogP contribution in [0, 0.1) is 0 Å². The van der Waals surface area contributed by atoms with E-state index in [1.165, 1.54) is 6.08 Å². The molecule has 10 heteroatoms. The molecule has 1 atom stereocenters. The molecule has 0 saturated carbocycles. The van der Waals surface area contributed by atoms with Gasteiger partial charge in [0.1, 0.15) is 16.9 Å². The third kappa shape index (κ3) is 10.6. The average Bonchev–Trinajstić information content (AvgIpc) is 2.91. The second-order valence-corrected chi connectivity index (χ2v) is 10.4. The predicted molar refractivity (Wildman–Crippen MR) is 151 cm³/mol. The van der Waals surface area contributed by atoms with Gasteiger partial charge in [0, 0.05) is 11.8 Å². The zero-order chi connectivity index (χ0) is 29.0. The molecule has 40 heavy (non-hydrogen) atoms. The summed E-state index contributed by atoms with van der Waals surface area (Å²) in [5, 5.41) is 20.1. The number of alkyl halides is 3. The summed E-state index contributed by atoms with van der Waals surface area (Å²) >= 11 is 1.11. The number of unbranched alkanes of at least 4 members (excludes halogenated alkanes) is 5. The summed E-state index contributed by atoms with van der Waals surface area (Å²) in [6.45, 7) is 0.444. The van der Waals surface area contributed by atoms with Crippen LogP contribution in [-0.2, 0) is 17.4 Å². The first-order chi connectivity index (χ1) is 19.1. The molecule has 2 aromatic carbocycles. The lowest BCUT2D eigenvalue weighted by molar-refractivity contribution is -0.137. The topological polar surface area (TPSA) is 106 Å². The molecule has 3 aromatic rings. The standard InChI is InChI=1S/C30H33F3N2O4S/c31-30(32,33)23-13-11-21(12-14-23)8-5-3-1-2-4-6-19-39-26-16-17-27(35-25(26)15-18-28(36)37)40-29(38)22-9-7-10-24(34)20-22/h7,9-18,20,29,38H,1-6,8,19,34H2,(H,36,37). The maximum Gasteiger partial charge on any atom is 0.416 e. The van der Waals surface area contributed by atoms with E-state index < -0.39 is 23.1 Å². The number of thioether (sulfide) groups is 1. The number of nitrogen functional groups attached to an aromatic ring is 1. The van der Waals surface area contributed by atoms with Crippen LogP contribution < -0.4 is 10.5 Å². The van der Waals surface area contributed by atoms with Crippen LogP contribution >= 0.6 is 11.8 Å². The van der Waals surface area contributed by atoms with Gasteiger partial charge in [0.25, 0.3) is 0 Å². The number of pyridine rings is 1. The van der Waals surface area contributed by atoms with E-state index in [9.17, 15) is 23.1 Å². The molecule has 3 rings (SSSR count). The number of aliphatic carboxylic acids is 1. The highest BCUT2D eigenvalue weighted by atomic mass is 32.2. The molecule has 1 unspecified atom stereocenters. The zero-order valence-corrected chi connectivity index (χ0v) is 22.8. The van der Waals surface area contributed by atoms with Crippen molar-refractivity contribution in [2.45, 2.75) is 61.6 Å². The minimum absolute atomic E-state index is 0.357. The normalized spacial score (nSPS) is 12.5. The number of carboxylic acid groups (broad SMARTS) is 1. The van der Waals surface area contributed by atoms with Crippen LogP contribution in [0.3, 0.4) is 0 Å². The van der Waals surface area contributed by atoms with Crippen molar-refractivity contribution in [1.82, 2.24) is 4.98 Å². The summed E-state index contributed by atoms with van der Waals surface area (Å²) in [6, 6.07) is 15.7. The van der Waals surface area contributed by atoms with Gasteiger partial charge in [0.2, 0.25) is 0 Å². The number of aliphatic hydroxyl groups is 1. The van der Waals surface area contributed by atoms with E-state index in [4.69, 9.17) is 15.6 Å². The Balaban J connectivity index is 1.40. The molecule has 0 aliphatic heterocycles. The van der Waals surface area contributed by atoms with Crippen LogP contribution in [0.2, 0.25) is 0 Å². The van der Waals surface area contributed by atoms with Crippen LogP contribution in [0.5, 0.6) is 5.75 Å². The molecule has 0 amide bonds. The smallest absolute Gasteiger partial charge is 0.416 e. The third-order valence-corrected chi connectivity index (χ3v) is 7.04. The van der Waals surface area contributed by atoms with E-state index in [0.717, 1.165) is 80.5 Å². The van der Waals surface area contributed by atoms with Crippen molar-refractivity contribution in [3.05, 3.63) is 89.1 Å². The number of benzene rings is 2. The Morgan fingerprint density at radius 3 is 2.38 bits per heavy atom. The van der Waals surface area contributed by atoms with Crippen molar-refractivity contribution in [3.63, 3.8) is 0 Å². The fourth-order valence-corrected chi connectivity index (χ4v) is 4.79. The van der Waals surface area contributed by atoms with E-state index in [-0.39, 0.29) is 0 Å². The summed E-state index contributed by atoms with van der Waals surface area (Å²) in [4.78, 5) is 15.5. The Morgan fingerprint density at radius 1 is 1.00 bits per heavy atom. The molecule has 6 nitrogen and oxygen atoms in total. The first-order valence-corrected chi connectivity index (χ1v) is 13.9. The number of carbonyl (C=O) groups is 1. The molecular weight excluding hydrogens is 541 g/mol. The van der Waals surface area contributed by atoms with Crippen molar-refractivity contribution in [3.8, 4) is 5.75 Å². The highest BCUT2D eigenvalue weighted by molar-refractivity contribution is 7.99. The molecule has 1 aromatic heterocycles. The maximum absolute atomic E-state index is 12.7. The molecule has 0 bridgehead atoms. The molecule has 0 aliphatic carbocycles. The number of nitrogens with two attached hydrogens (primary N) is 1. The van der Waals surface area contributed by atoms with Crippen LogP contribution in [0.1, 0.15) is 66.3 Å². The molecule has 1 heterocycles. The van der Waals surface area contributed by atoms with Gasteiger partial charge >= 0.3 is 12.1 Å². The Labute approximate surface area is 236 Å². The summed E-state index contributed by atoms with van der Waals surface area (Å²) in [7, 11) is 0. The lowest BCUT2D eigenvalue weighted by atomic mass is 10.0. The molecule has 0 radical (unpaired) electrons. The van der Waals surface area contributed by atoms with Crippen molar-refractivity contribution in [2.75, 3.05) is 12.3 Å². The van der Waals surface area contributed by atoms with E-state index in [1.54, 1.807) is 48.5 Å². The SMILES string of the molecule is Nc1cccc(C(O)Sc2ccc(OCCCCCCCCc3ccc(C(F)(F)F)cc3)c(C=CC(=O)O)n2)c1. The maximum atomic E-state index is 12.7. The Bertz CT molecular complexity index is 1270. The highest BCUT2D eigenvalue weighted by Gasteiger charge is 2.29. The molecule has 0 fully saturated rings. The van der Waals surface area contributed by atoms with Gasteiger partial charge in [-0.3, -0.25) is 0 Å². The Morgan fingerprint density at radius 2 is 1.70 bits per heavy atom. The van der Waals surface area contributed by atoms with Crippen molar-refractivity contribution < 1.29 is 32.9 Å². The number of aliphatic hydroxyl groups excluding tert-OH is 1. The monoisotopic (exact) mass is 574 g/mol. The third-order valence-electron chi connectivity index (χ3n) is 6.07. The largest absolute Gasteiger partial charge is 0.491 e. The molecule has 0 spiro atoms. The minimum Gasteiger partial charge on any atom is -0.491 e. The quantitative estimate of drug-likeness (QED) is 0.0567. The van der Waals surface area contributed by atoms with Crippen molar-refractivity contribution in [1.29, 1.82) is 0 Å².